The molecule has 1 N–H and O–H groups in total. The van der Waals surface area contributed by atoms with E-state index in [0.717, 1.165) is 31.8 Å². The van der Waals surface area contributed by atoms with Crippen molar-refractivity contribution in [3.05, 3.63) is 35.4 Å². The Kier molecular flexibility index (Phi) is 2.43. The van der Waals surface area contributed by atoms with Crippen LogP contribution in [0.1, 0.15) is 36.3 Å². The maximum Gasteiger partial charge on any atom is 0.103 e. The van der Waals surface area contributed by atoms with Crippen molar-refractivity contribution < 1.29 is 0 Å². The van der Waals surface area contributed by atoms with Gasteiger partial charge in [-0.25, -0.2) is 0 Å². The minimum absolute atomic E-state index is 0.370. The number of benzene rings is 1. The van der Waals surface area contributed by atoms with Gasteiger partial charge in [0.2, 0.25) is 0 Å². The van der Waals surface area contributed by atoms with Gasteiger partial charge < -0.3 is 4.90 Å². The van der Waals surface area contributed by atoms with Gasteiger partial charge in [0.05, 0.1) is 0 Å². The molecule has 0 aromatic heterocycles. The molecule has 0 spiro atoms. The minimum Gasteiger partial charge on any atom is -0.360 e. The first-order valence-corrected chi connectivity index (χ1v) is 6.27. The van der Waals surface area contributed by atoms with Crippen LogP contribution in [0.2, 0.25) is 0 Å². The van der Waals surface area contributed by atoms with Crippen LogP contribution < -0.4 is 0 Å². The summed E-state index contributed by atoms with van der Waals surface area (Å²) in [6.07, 6.45) is 4.80. The number of fused-ring (bicyclic) bond motifs is 1. The molecule has 16 heavy (non-hydrogen) atoms. The summed E-state index contributed by atoms with van der Waals surface area (Å²) >= 11 is 0. The minimum atomic E-state index is 0.370. The Labute approximate surface area is 96.8 Å². The quantitative estimate of drug-likeness (QED) is 0.565. The third kappa shape index (κ3) is 1.53. The van der Waals surface area contributed by atoms with Crippen LogP contribution in [0.25, 0.3) is 0 Å². The third-order valence-electron chi connectivity index (χ3n) is 3.91. The zero-order valence-electron chi connectivity index (χ0n) is 9.58. The van der Waals surface area contributed by atoms with Gasteiger partial charge in [0.25, 0.3) is 0 Å². The molecule has 0 saturated carbocycles. The van der Waals surface area contributed by atoms with Gasteiger partial charge in [-0.15, -0.1) is 0 Å². The molecule has 1 saturated heterocycles. The van der Waals surface area contributed by atoms with Gasteiger partial charge in [0.15, 0.2) is 0 Å². The average Bonchev–Trinajstić information content (AvgIpc) is 2.98. The Morgan fingerprint density at radius 3 is 2.75 bits per heavy atom. The number of rotatable bonds is 1. The number of likely N-dealkylation sites (tertiary alicyclic amines) is 1. The van der Waals surface area contributed by atoms with Crippen molar-refractivity contribution in [2.24, 2.45) is 0 Å². The monoisotopic (exact) mass is 214 g/mol. The van der Waals surface area contributed by atoms with E-state index in [0.29, 0.717) is 5.92 Å². The molecule has 3 rings (SSSR count). The average molecular weight is 214 g/mol. The molecule has 1 heterocycles. The van der Waals surface area contributed by atoms with Crippen molar-refractivity contribution >= 4 is 5.84 Å². The molecule has 0 amide bonds. The van der Waals surface area contributed by atoms with Crippen molar-refractivity contribution in [3.8, 4) is 0 Å². The largest absolute Gasteiger partial charge is 0.360 e. The number of aryl methyl sites for hydroxylation is 1. The fraction of sp³-hybridized carbons (Fsp3) is 0.500. The molecule has 2 aliphatic rings. The molecular weight excluding hydrogens is 196 g/mol. The molecule has 1 fully saturated rings. The number of hydrogen-bond donors (Lipinski definition) is 1. The smallest absolute Gasteiger partial charge is 0.103 e. The van der Waals surface area contributed by atoms with Gasteiger partial charge in [-0.2, -0.15) is 0 Å². The van der Waals surface area contributed by atoms with E-state index < -0.39 is 0 Å². The number of hydrogen-bond acceptors (Lipinski definition) is 1. The molecule has 1 atom stereocenters. The van der Waals surface area contributed by atoms with Crippen molar-refractivity contribution in [2.75, 3.05) is 13.1 Å². The lowest BCUT2D eigenvalue weighted by atomic mass is 9.99. The van der Waals surface area contributed by atoms with Crippen LogP contribution in [0.15, 0.2) is 24.3 Å². The number of amidine groups is 1. The molecule has 2 heteroatoms. The highest BCUT2D eigenvalue weighted by atomic mass is 15.2. The van der Waals surface area contributed by atoms with Gasteiger partial charge in [-0.1, -0.05) is 24.3 Å². The van der Waals surface area contributed by atoms with E-state index in [1.807, 2.05) is 0 Å². The Morgan fingerprint density at radius 1 is 1.19 bits per heavy atom. The van der Waals surface area contributed by atoms with Crippen molar-refractivity contribution in [1.29, 1.82) is 5.41 Å². The molecule has 1 aromatic rings. The zero-order valence-corrected chi connectivity index (χ0v) is 9.58. The number of nitrogens with zero attached hydrogens (tertiary/aromatic N) is 1. The van der Waals surface area contributed by atoms with E-state index in [9.17, 15) is 0 Å². The SMILES string of the molecule is N=C(C1CCc2ccccc21)N1CCCC1. The van der Waals surface area contributed by atoms with E-state index in [1.54, 1.807) is 0 Å². The number of nitrogens with one attached hydrogen (secondary N) is 1. The normalized spacial score (nSPS) is 23.5. The summed E-state index contributed by atoms with van der Waals surface area (Å²) in [5, 5.41) is 8.34. The first-order valence-electron chi connectivity index (χ1n) is 6.27. The zero-order chi connectivity index (χ0) is 11.0. The van der Waals surface area contributed by atoms with Gasteiger partial charge in [0.1, 0.15) is 5.84 Å². The van der Waals surface area contributed by atoms with Gasteiger partial charge in [0, 0.05) is 19.0 Å². The highest BCUT2D eigenvalue weighted by Gasteiger charge is 2.29. The maximum absolute atomic E-state index is 8.34. The summed E-state index contributed by atoms with van der Waals surface area (Å²) in [7, 11) is 0. The summed E-state index contributed by atoms with van der Waals surface area (Å²) in [5.74, 6) is 1.23. The second kappa shape index (κ2) is 3.93. The van der Waals surface area contributed by atoms with Crippen molar-refractivity contribution in [1.82, 2.24) is 4.90 Å². The van der Waals surface area contributed by atoms with Crippen molar-refractivity contribution in [3.63, 3.8) is 0 Å². The first-order chi connectivity index (χ1) is 7.86. The summed E-state index contributed by atoms with van der Waals surface area (Å²) in [5.41, 5.74) is 2.86. The second-order valence-electron chi connectivity index (χ2n) is 4.87. The molecule has 0 bridgehead atoms. The van der Waals surface area contributed by atoms with Gasteiger partial charge in [-0.05, 0) is 36.8 Å². The Balaban J connectivity index is 1.84. The molecule has 1 aliphatic carbocycles. The lowest BCUT2D eigenvalue weighted by Gasteiger charge is -2.23. The van der Waals surface area contributed by atoms with E-state index in [-0.39, 0.29) is 0 Å². The maximum atomic E-state index is 8.34. The van der Waals surface area contributed by atoms with Gasteiger partial charge >= 0.3 is 0 Å². The predicted octanol–water partition coefficient (Wildman–Crippen LogP) is 2.79. The van der Waals surface area contributed by atoms with E-state index in [2.05, 4.69) is 29.2 Å². The van der Waals surface area contributed by atoms with Crippen molar-refractivity contribution in [2.45, 2.75) is 31.6 Å². The van der Waals surface area contributed by atoms with Crippen LogP contribution in [0, 0.1) is 5.41 Å². The predicted molar refractivity (Wildman–Crippen MR) is 66.0 cm³/mol. The first kappa shape index (κ1) is 9.88. The van der Waals surface area contributed by atoms with Crippen LogP contribution in [-0.4, -0.2) is 23.8 Å². The standard InChI is InChI=1S/C14H18N2/c15-14(16-9-3-4-10-16)13-8-7-11-5-1-2-6-12(11)13/h1-2,5-6,13,15H,3-4,7-10H2. The fourth-order valence-corrected chi connectivity index (χ4v) is 3.02. The molecule has 84 valence electrons. The Hall–Kier alpha value is -1.31. The Bertz CT molecular complexity index is 405. The van der Waals surface area contributed by atoms with Crippen LogP contribution in [0.5, 0.6) is 0 Å². The van der Waals surface area contributed by atoms with E-state index in [1.165, 1.54) is 24.0 Å². The summed E-state index contributed by atoms with van der Waals surface area (Å²) in [4.78, 5) is 2.27. The lowest BCUT2D eigenvalue weighted by Crippen LogP contribution is -2.31. The summed E-state index contributed by atoms with van der Waals surface area (Å²) in [6, 6.07) is 8.64. The Morgan fingerprint density at radius 2 is 1.94 bits per heavy atom. The van der Waals surface area contributed by atoms with Crippen LogP contribution in [-0.2, 0) is 6.42 Å². The van der Waals surface area contributed by atoms with E-state index >= 15 is 0 Å². The third-order valence-corrected chi connectivity index (χ3v) is 3.91. The highest BCUT2D eigenvalue weighted by Crippen LogP contribution is 2.34. The molecule has 1 unspecified atom stereocenters. The molecular formula is C14H18N2. The van der Waals surface area contributed by atoms with Crippen LogP contribution in [0.3, 0.4) is 0 Å². The lowest BCUT2D eigenvalue weighted by molar-refractivity contribution is 0.491. The molecule has 1 aliphatic heterocycles. The van der Waals surface area contributed by atoms with Gasteiger partial charge in [-0.3, -0.25) is 5.41 Å². The molecule has 0 radical (unpaired) electrons. The second-order valence-corrected chi connectivity index (χ2v) is 4.87. The highest BCUT2D eigenvalue weighted by molar-refractivity contribution is 5.87. The summed E-state index contributed by atoms with van der Waals surface area (Å²) in [6.45, 7) is 2.19. The topological polar surface area (TPSA) is 27.1 Å². The summed E-state index contributed by atoms with van der Waals surface area (Å²) < 4.78 is 0. The molecule has 2 nitrogen and oxygen atoms in total. The molecule has 1 aromatic carbocycles. The van der Waals surface area contributed by atoms with Crippen LogP contribution in [0.4, 0.5) is 0 Å². The van der Waals surface area contributed by atoms with Crippen LogP contribution >= 0.6 is 0 Å². The van der Waals surface area contributed by atoms with E-state index in [4.69, 9.17) is 5.41 Å². The fourth-order valence-electron chi connectivity index (χ4n) is 3.02.